The molecule has 0 radical (unpaired) electrons. The molecule has 1 N–H and O–H groups in total. The number of nitrogens with zero attached hydrogens (tertiary/aromatic N) is 3. The van der Waals surface area contributed by atoms with Crippen molar-refractivity contribution in [3.63, 3.8) is 0 Å². The first-order valence-corrected chi connectivity index (χ1v) is 10.3. The largest absolute Gasteiger partial charge is 0.383 e. The van der Waals surface area contributed by atoms with Crippen LogP contribution in [0, 0.1) is 6.92 Å². The first kappa shape index (κ1) is 20.9. The van der Waals surface area contributed by atoms with Crippen LogP contribution in [0.25, 0.3) is 17.0 Å². The van der Waals surface area contributed by atoms with Crippen LogP contribution in [-0.4, -0.2) is 21.5 Å². The van der Waals surface area contributed by atoms with Gasteiger partial charge in [0.05, 0.1) is 17.6 Å². The minimum atomic E-state index is 0.742. The Morgan fingerprint density at radius 2 is 2.00 bits per heavy atom. The van der Waals surface area contributed by atoms with E-state index in [0.29, 0.717) is 0 Å². The van der Waals surface area contributed by atoms with Crippen molar-refractivity contribution < 1.29 is 0 Å². The molecule has 5 heteroatoms. The SMILES string of the molecule is C=C(NCC/C(=C/CCC)c1cc(Cl)ccc1C)c1cn(-c2ccccc2)nn1. The van der Waals surface area contributed by atoms with Gasteiger partial charge < -0.3 is 5.32 Å². The van der Waals surface area contributed by atoms with Gasteiger partial charge in [-0.25, -0.2) is 4.68 Å². The van der Waals surface area contributed by atoms with Crippen molar-refractivity contribution in [2.75, 3.05) is 6.54 Å². The van der Waals surface area contributed by atoms with Gasteiger partial charge in [0, 0.05) is 11.6 Å². The van der Waals surface area contributed by atoms with Crippen LogP contribution in [0.1, 0.15) is 43.0 Å². The van der Waals surface area contributed by atoms with Crippen molar-refractivity contribution in [2.24, 2.45) is 0 Å². The van der Waals surface area contributed by atoms with E-state index in [1.54, 1.807) is 4.68 Å². The van der Waals surface area contributed by atoms with E-state index < -0.39 is 0 Å². The van der Waals surface area contributed by atoms with Crippen molar-refractivity contribution in [3.8, 4) is 5.69 Å². The smallest absolute Gasteiger partial charge is 0.128 e. The van der Waals surface area contributed by atoms with Crippen LogP contribution in [-0.2, 0) is 0 Å². The molecule has 0 unspecified atom stereocenters. The van der Waals surface area contributed by atoms with Crippen molar-refractivity contribution in [2.45, 2.75) is 33.1 Å². The Morgan fingerprint density at radius 1 is 1.21 bits per heavy atom. The molecule has 3 rings (SSSR count). The van der Waals surface area contributed by atoms with Gasteiger partial charge in [-0.05, 0) is 60.7 Å². The number of hydrogen-bond acceptors (Lipinski definition) is 3. The maximum Gasteiger partial charge on any atom is 0.128 e. The molecule has 0 aliphatic carbocycles. The first-order valence-electron chi connectivity index (χ1n) is 9.95. The highest BCUT2D eigenvalue weighted by molar-refractivity contribution is 6.30. The van der Waals surface area contributed by atoms with Crippen LogP contribution < -0.4 is 5.32 Å². The highest BCUT2D eigenvalue weighted by Gasteiger charge is 2.09. The third kappa shape index (κ3) is 5.58. The zero-order chi connectivity index (χ0) is 20.6. The van der Waals surface area contributed by atoms with Crippen LogP contribution in [0.5, 0.6) is 0 Å². The van der Waals surface area contributed by atoms with Crippen molar-refractivity contribution in [1.82, 2.24) is 20.3 Å². The van der Waals surface area contributed by atoms with Crippen LogP contribution in [0.4, 0.5) is 0 Å². The number of aromatic nitrogens is 3. The number of unbranched alkanes of at least 4 members (excludes halogenated alkanes) is 1. The molecule has 0 bridgehead atoms. The summed E-state index contributed by atoms with van der Waals surface area (Å²) in [4.78, 5) is 0. The second kappa shape index (κ2) is 10.1. The number of hydrogen-bond donors (Lipinski definition) is 1. The number of allylic oxidation sites excluding steroid dienone is 1. The van der Waals surface area contributed by atoms with Crippen LogP contribution >= 0.6 is 11.6 Å². The van der Waals surface area contributed by atoms with Gasteiger partial charge in [0.25, 0.3) is 0 Å². The highest BCUT2D eigenvalue weighted by Crippen LogP contribution is 2.26. The lowest BCUT2D eigenvalue weighted by Crippen LogP contribution is -2.14. The Hall–Kier alpha value is -2.85. The van der Waals surface area contributed by atoms with Gasteiger partial charge in [-0.2, -0.15) is 0 Å². The van der Waals surface area contributed by atoms with Gasteiger partial charge in [0.2, 0.25) is 0 Å². The van der Waals surface area contributed by atoms with Crippen molar-refractivity contribution >= 4 is 22.9 Å². The zero-order valence-electron chi connectivity index (χ0n) is 17.0. The van der Waals surface area contributed by atoms with E-state index in [4.69, 9.17) is 11.6 Å². The van der Waals surface area contributed by atoms with E-state index in [-0.39, 0.29) is 0 Å². The first-order chi connectivity index (χ1) is 14.1. The van der Waals surface area contributed by atoms with E-state index in [0.717, 1.165) is 47.9 Å². The summed E-state index contributed by atoms with van der Waals surface area (Å²) < 4.78 is 1.75. The molecule has 0 aliphatic heterocycles. The molecule has 0 amide bonds. The third-order valence-corrected chi connectivity index (χ3v) is 5.02. The summed E-state index contributed by atoms with van der Waals surface area (Å²) in [5, 5.41) is 12.6. The second-order valence-electron chi connectivity index (χ2n) is 7.02. The van der Waals surface area contributed by atoms with Gasteiger partial charge in [0.1, 0.15) is 5.69 Å². The Kier molecular flexibility index (Phi) is 7.25. The summed E-state index contributed by atoms with van der Waals surface area (Å²) in [7, 11) is 0. The summed E-state index contributed by atoms with van der Waals surface area (Å²) in [5.74, 6) is 0. The Balaban J connectivity index is 1.64. The van der Waals surface area contributed by atoms with Gasteiger partial charge in [-0.1, -0.05) is 67.1 Å². The number of rotatable bonds is 9. The lowest BCUT2D eigenvalue weighted by Gasteiger charge is -2.13. The molecular formula is C24H27ClN4. The summed E-state index contributed by atoms with van der Waals surface area (Å²) in [6, 6.07) is 16.0. The lowest BCUT2D eigenvalue weighted by molar-refractivity contribution is 0.800. The maximum atomic E-state index is 6.24. The second-order valence-corrected chi connectivity index (χ2v) is 7.45. The molecule has 0 aliphatic rings. The summed E-state index contributed by atoms with van der Waals surface area (Å²) in [6.45, 7) is 9.20. The van der Waals surface area contributed by atoms with Gasteiger partial charge in [-0.15, -0.1) is 5.10 Å². The fourth-order valence-electron chi connectivity index (χ4n) is 3.15. The van der Waals surface area contributed by atoms with E-state index in [2.05, 4.69) is 54.3 Å². The topological polar surface area (TPSA) is 42.7 Å². The molecule has 0 fully saturated rings. The third-order valence-electron chi connectivity index (χ3n) is 4.78. The van der Waals surface area contributed by atoms with E-state index >= 15 is 0 Å². The number of para-hydroxylation sites is 1. The number of nitrogens with one attached hydrogen (secondary N) is 1. The predicted molar refractivity (Wildman–Crippen MR) is 122 cm³/mol. The molecule has 0 spiro atoms. The molecule has 150 valence electrons. The van der Waals surface area contributed by atoms with Crippen molar-refractivity contribution in [1.29, 1.82) is 0 Å². The summed E-state index contributed by atoms with van der Waals surface area (Å²) >= 11 is 6.24. The number of aryl methyl sites for hydroxylation is 1. The fourth-order valence-corrected chi connectivity index (χ4v) is 3.33. The molecule has 0 saturated carbocycles. The molecule has 1 heterocycles. The standard InChI is InChI=1S/C24H27ClN4/c1-4-5-9-20(23-16-21(25)13-12-18(23)2)14-15-26-19(3)24-17-29(28-27-24)22-10-7-6-8-11-22/h6-13,16-17,26H,3-5,14-15H2,1-2H3/b20-9-. The van der Waals surface area contributed by atoms with Crippen LogP contribution in [0.3, 0.4) is 0 Å². The molecule has 3 aromatic rings. The lowest BCUT2D eigenvalue weighted by atomic mass is 9.96. The summed E-state index contributed by atoms with van der Waals surface area (Å²) in [6.07, 6.45) is 7.25. The van der Waals surface area contributed by atoms with Crippen LogP contribution in [0.15, 0.2) is 67.4 Å². The van der Waals surface area contributed by atoms with Crippen LogP contribution in [0.2, 0.25) is 5.02 Å². The molecule has 0 atom stereocenters. The van der Waals surface area contributed by atoms with E-state index in [1.165, 1.54) is 16.7 Å². The average molecular weight is 407 g/mol. The van der Waals surface area contributed by atoms with E-state index in [1.807, 2.05) is 42.6 Å². The predicted octanol–water partition coefficient (Wildman–Crippen LogP) is 6.06. The minimum Gasteiger partial charge on any atom is -0.383 e. The fraction of sp³-hybridized carbons (Fsp3) is 0.250. The Bertz CT molecular complexity index is 989. The van der Waals surface area contributed by atoms with Gasteiger partial charge in [-0.3, -0.25) is 0 Å². The maximum absolute atomic E-state index is 6.24. The van der Waals surface area contributed by atoms with Gasteiger partial charge >= 0.3 is 0 Å². The highest BCUT2D eigenvalue weighted by atomic mass is 35.5. The van der Waals surface area contributed by atoms with Gasteiger partial charge in [0.15, 0.2) is 0 Å². The zero-order valence-corrected chi connectivity index (χ0v) is 17.8. The Labute approximate surface area is 177 Å². The molecular weight excluding hydrogens is 380 g/mol. The number of benzene rings is 2. The van der Waals surface area contributed by atoms with Crippen molar-refractivity contribution in [3.05, 3.63) is 89.2 Å². The number of halogens is 1. The normalized spacial score (nSPS) is 11.5. The molecule has 0 saturated heterocycles. The van der Waals surface area contributed by atoms with E-state index in [9.17, 15) is 0 Å². The Morgan fingerprint density at radius 3 is 2.76 bits per heavy atom. The molecule has 29 heavy (non-hydrogen) atoms. The monoisotopic (exact) mass is 406 g/mol. The quantitative estimate of drug-likeness (QED) is 0.469. The molecule has 1 aromatic heterocycles. The average Bonchev–Trinajstić information content (AvgIpc) is 3.23. The minimum absolute atomic E-state index is 0.742. The molecule has 2 aromatic carbocycles. The molecule has 4 nitrogen and oxygen atoms in total. The summed E-state index contributed by atoms with van der Waals surface area (Å²) in [5.41, 5.74) is 6.24.